The number of nitrogens with one attached hydrogen (secondary N) is 1. The molecule has 0 aliphatic rings. The largest absolute Gasteiger partial charge is 0.475 e. The first kappa shape index (κ1) is 11.4. The summed E-state index contributed by atoms with van der Waals surface area (Å²) in [4.78, 5) is 11.1. The van der Waals surface area contributed by atoms with Crippen molar-refractivity contribution >= 4 is 16.9 Å². The second kappa shape index (κ2) is 4.84. The highest BCUT2D eigenvalue weighted by Gasteiger charge is 2.18. The minimum atomic E-state index is -1.04. The topological polar surface area (TPSA) is 62.5 Å². The molecule has 4 nitrogen and oxygen atoms in total. The van der Waals surface area contributed by atoms with E-state index in [0.717, 1.165) is 5.39 Å². The molecular weight excluding hydrogens is 218 g/mol. The number of fused-ring (bicyclic) bond motifs is 1. The maximum absolute atomic E-state index is 11.1. The Labute approximate surface area is 98.5 Å². The van der Waals surface area contributed by atoms with Crippen LogP contribution in [0, 0.1) is 0 Å². The highest BCUT2D eigenvalue weighted by molar-refractivity contribution is 5.95. The first-order chi connectivity index (χ1) is 8.24. The van der Waals surface area contributed by atoms with Gasteiger partial charge < -0.3 is 14.8 Å². The molecule has 88 valence electrons. The summed E-state index contributed by atoms with van der Waals surface area (Å²) in [5.41, 5.74) is 1.27. The molecule has 2 aromatic rings. The van der Waals surface area contributed by atoms with Gasteiger partial charge in [0.2, 0.25) is 5.76 Å². The fraction of sp³-hybridized carbons (Fsp3) is 0.154. The van der Waals surface area contributed by atoms with Crippen molar-refractivity contribution in [3.63, 3.8) is 0 Å². The summed E-state index contributed by atoms with van der Waals surface area (Å²) in [5, 5.41) is 13.0. The lowest BCUT2D eigenvalue weighted by atomic mass is 10.1. The molecule has 1 aromatic heterocycles. The van der Waals surface area contributed by atoms with Crippen molar-refractivity contribution in [1.82, 2.24) is 5.32 Å². The molecular formula is C13H13NO3. The zero-order chi connectivity index (χ0) is 12.3. The van der Waals surface area contributed by atoms with Gasteiger partial charge in [-0.15, -0.1) is 6.58 Å². The molecule has 0 saturated heterocycles. The van der Waals surface area contributed by atoms with Gasteiger partial charge in [0.25, 0.3) is 0 Å². The zero-order valence-corrected chi connectivity index (χ0v) is 9.27. The number of furan rings is 1. The van der Waals surface area contributed by atoms with E-state index in [1.807, 2.05) is 18.2 Å². The van der Waals surface area contributed by atoms with E-state index in [4.69, 9.17) is 9.52 Å². The molecule has 0 unspecified atom stereocenters. The van der Waals surface area contributed by atoms with Crippen LogP contribution in [-0.4, -0.2) is 17.6 Å². The summed E-state index contributed by atoms with van der Waals surface area (Å²) >= 11 is 0. The van der Waals surface area contributed by atoms with E-state index in [-0.39, 0.29) is 5.76 Å². The third-order valence-corrected chi connectivity index (χ3v) is 2.48. The molecule has 0 aliphatic heterocycles. The fourth-order valence-electron chi connectivity index (χ4n) is 1.75. The van der Waals surface area contributed by atoms with E-state index < -0.39 is 5.97 Å². The van der Waals surface area contributed by atoms with E-state index in [1.54, 1.807) is 12.1 Å². The predicted octanol–water partition coefficient (Wildman–Crippen LogP) is 2.41. The van der Waals surface area contributed by atoms with Crippen LogP contribution in [0.3, 0.4) is 0 Å². The van der Waals surface area contributed by atoms with Crippen LogP contribution in [0.1, 0.15) is 16.1 Å². The number of para-hydroxylation sites is 1. The number of hydrogen-bond donors (Lipinski definition) is 2. The van der Waals surface area contributed by atoms with Crippen molar-refractivity contribution in [2.45, 2.75) is 6.54 Å². The second-order valence-electron chi connectivity index (χ2n) is 3.63. The minimum absolute atomic E-state index is 0.00256. The quantitative estimate of drug-likeness (QED) is 0.612. The second-order valence-corrected chi connectivity index (χ2v) is 3.63. The molecule has 4 heteroatoms. The van der Waals surface area contributed by atoms with E-state index >= 15 is 0 Å². The molecule has 0 radical (unpaired) electrons. The molecule has 1 heterocycles. The SMILES string of the molecule is C=CCNCc1c(C(=O)O)oc2ccccc12. The van der Waals surface area contributed by atoms with Crippen LogP contribution in [0.15, 0.2) is 41.3 Å². The Morgan fingerprint density at radius 2 is 2.24 bits per heavy atom. The van der Waals surface area contributed by atoms with Crippen LogP contribution >= 0.6 is 0 Å². The molecule has 0 aliphatic carbocycles. The van der Waals surface area contributed by atoms with Gasteiger partial charge in [0, 0.05) is 24.0 Å². The average molecular weight is 231 g/mol. The Morgan fingerprint density at radius 1 is 1.47 bits per heavy atom. The number of carbonyl (C=O) groups is 1. The maximum atomic E-state index is 11.1. The van der Waals surface area contributed by atoms with Gasteiger partial charge >= 0.3 is 5.97 Å². The summed E-state index contributed by atoms with van der Waals surface area (Å²) in [6.45, 7) is 4.67. The molecule has 17 heavy (non-hydrogen) atoms. The molecule has 1 aromatic carbocycles. The predicted molar refractivity (Wildman–Crippen MR) is 65.1 cm³/mol. The number of aromatic carboxylic acids is 1. The lowest BCUT2D eigenvalue weighted by Crippen LogP contribution is -2.14. The third-order valence-electron chi connectivity index (χ3n) is 2.48. The summed E-state index contributed by atoms with van der Waals surface area (Å²) in [6, 6.07) is 7.30. The Hall–Kier alpha value is -2.07. The number of carboxylic acid groups (broad SMARTS) is 1. The molecule has 0 fully saturated rings. The van der Waals surface area contributed by atoms with Crippen LogP contribution in [-0.2, 0) is 6.54 Å². The molecule has 2 rings (SSSR count). The highest BCUT2D eigenvalue weighted by atomic mass is 16.4. The average Bonchev–Trinajstić information content (AvgIpc) is 2.69. The number of benzene rings is 1. The monoisotopic (exact) mass is 231 g/mol. The van der Waals surface area contributed by atoms with Crippen LogP contribution < -0.4 is 5.32 Å². The van der Waals surface area contributed by atoms with Gasteiger partial charge in [0.15, 0.2) is 0 Å². The lowest BCUT2D eigenvalue weighted by Gasteiger charge is -2.00. The molecule has 0 bridgehead atoms. The molecule has 0 amide bonds. The van der Waals surface area contributed by atoms with Crippen molar-refractivity contribution in [1.29, 1.82) is 0 Å². The van der Waals surface area contributed by atoms with Crippen molar-refractivity contribution in [3.8, 4) is 0 Å². The fourth-order valence-corrected chi connectivity index (χ4v) is 1.75. The van der Waals surface area contributed by atoms with Crippen molar-refractivity contribution in [3.05, 3.63) is 48.2 Å². The molecule has 2 N–H and O–H groups in total. The van der Waals surface area contributed by atoms with E-state index in [9.17, 15) is 4.79 Å². The standard InChI is InChI=1S/C13H13NO3/c1-2-7-14-8-10-9-5-3-4-6-11(9)17-12(10)13(15)16/h2-6,14H,1,7-8H2,(H,15,16). The van der Waals surface area contributed by atoms with Crippen LogP contribution in [0.2, 0.25) is 0 Å². The van der Waals surface area contributed by atoms with Crippen LogP contribution in [0.25, 0.3) is 11.0 Å². The lowest BCUT2D eigenvalue weighted by molar-refractivity contribution is 0.0663. The first-order valence-electron chi connectivity index (χ1n) is 5.29. The van der Waals surface area contributed by atoms with Gasteiger partial charge in [-0.3, -0.25) is 0 Å². The summed E-state index contributed by atoms with van der Waals surface area (Å²) in [7, 11) is 0. The Morgan fingerprint density at radius 3 is 2.94 bits per heavy atom. The Bertz CT molecular complexity index is 557. The summed E-state index contributed by atoms with van der Waals surface area (Å²) < 4.78 is 5.33. The number of hydrogen-bond acceptors (Lipinski definition) is 3. The Balaban J connectivity index is 2.44. The van der Waals surface area contributed by atoms with Gasteiger partial charge in [-0.2, -0.15) is 0 Å². The Kier molecular flexibility index (Phi) is 3.25. The third kappa shape index (κ3) is 2.21. The normalized spacial score (nSPS) is 10.6. The van der Waals surface area contributed by atoms with Crippen molar-refractivity contribution < 1.29 is 14.3 Å². The minimum Gasteiger partial charge on any atom is -0.475 e. The van der Waals surface area contributed by atoms with Gasteiger partial charge in [0.1, 0.15) is 5.58 Å². The van der Waals surface area contributed by atoms with Crippen molar-refractivity contribution in [2.24, 2.45) is 0 Å². The maximum Gasteiger partial charge on any atom is 0.372 e. The van der Waals surface area contributed by atoms with Crippen LogP contribution in [0.5, 0.6) is 0 Å². The highest BCUT2D eigenvalue weighted by Crippen LogP contribution is 2.25. The summed E-state index contributed by atoms with van der Waals surface area (Å²) in [5.74, 6) is -1.04. The first-order valence-corrected chi connectivity index (χ1v) is 5.29. The van der Waals surface area contributed by atoms with Crippen molar-refractivity contribution in [2.75, 3.05) is 6.54 Å². The molecule has 0 saturated carbocycles. The van der Waals surface area contributed by atoms with Gasteiger partial charge in [-0.1, -0.05) is 24.3 Å². The van der Waals surface area contributed by atoms with Crippen LogP contribution in [0.4, 0.5) is 0 Å². The van der Waals surface area contributed by atoms with Gasteiger partial charge in [-0.25, -0.2) is 4.79 Å². The zero-order valence-electron chi connectivity index (χ0n) is 9.27. The van der Waals surface area contributed by atoms with Gasteiger partial charge in [0.05, 0.1) is 0 Å². The van der Waals surface area contributed by atoms with E-state index in [1.165, 1.54) is 0 Å². The molecule has 0 atom stereocenters. The van der Waals surface area contributed by atoms with Gasteiger partial charge in [-0.05, 0) is 6.07 Å². The smallest absolute Gasteiger partial charge is 0.372 e. The van der Waals surface area contributed by atoms with E-state index in [2.05, 4.69) is 11.9 Å². The summed E-state index contributed by atoms with van der Waals surface area (Å²) in [6.07, 6.45) is 1.72. The molecule has 0 spiro atoms. The number of rotatable bonds is 5. The number of carboxylic acids is 1. The van der Waals surface area contributed by atoms with E-state index in [0.29, 0.717) is 24.2 Å².